The highest BCUT2D eigenvalue weighted by Gasteiger charge is 2.10. The fourth-order valence-corrected chi connectivity index (χ4v) is 3.10. The highest BCUT2D eigenvalue weighted by Crippen LogP contribution is 2.23. The minimum Gasteiger partial charge on any atom is -0.465 e. The molecule has 3 aromatic rings. The van der Waals surface area contributed by atoms with Crippen LogP contribution in [0.5, 0.6) is 0 Å². The summed E-state index contributed by atoms with van der Waals surface area (Å²) in [6.07, 6.45) is 9.36. The van der Waals surface area contributed by atoms with Crippen molar-refractivity contribution in [2.45, 2.75) is 13.5 Å². The lowest BCUT2D eigenvalue weighted by atomic mass is 10.0. The summed E-state index contributed by atoms with van der Waals surface area (Å²) < 4.78 is 6.80. The molecule has 3 rings (SSSR count). The number of imidazole rings is 1. The predicted octanol–water partition coefficient (Wildman–Crippen LogP) is 3.68. The molecule has 24 heavy (non-hydrogen) atoms. The number of hydrogen-bond acceptors (Lipinski definition) is 5. The van der Waals surface area contributed by atoms with Gasteiger partial charge in [0.25, 0.3) is 0 Å². The van der Waals surface area contributed by atoms with Crippen LogP contribution >= 0.6 is 11.3 Å². The molecule has 0 aliphatic carbocycles. The van der Waals surface area contributed by atoms with Gasteiger partial charge in [0, 0.05) is 29.5 Å². The molecule has 6 heteroatoms. The van der Waals surface area contributed by atoms with Gasteiger partial charge in [-0.3, -0.25) is 0 Å². The molecule has 0 aliphatic heterocycles. The maximum Gasteiger partial charge on any atom is 0.338 e. The Morgan fingerprint density at radius 2 is 2.25 bits per heavy atom. The summed E-state index contributed by atoms with van der Waals surface area (Å²) in [4.78, 5) is 20.2. The Bertz CT molecular complexity index is 853. The standard InChI is InChI=1S/C18H17N3O2S/c1-13-9-14(3-4-16(13)18(22)23-2)10-15(17-20-6-8-24-17)11-21-7-5-19-12-21/h3-10,12H,11H2,1-2H3/b15-10-. The highest BCUT2D eigenvalue weighted by molar-refractivity contribution is 7.10. The van der Waals surface area contributed by atoms with Gasteiger partial charge < -0.3 is 9.30 Å². The Morgan fingerprint density at radius 3 is 2.88 bits per heavy atom. The number of methoxy groups -OCH3 is 1. The van der Waals surface area contributed by atoms with Crippen molar-refractivity contribution in [2.75, 3.05) is 7.11 Å². The predicted molar refractivity (Wildman–Crippen MR) is 94.7 cm³/mol. The second-order valence-electron chi connectivity index (χ2n) is 5.31. The normalized spacial score (nSPS) is 11.5. The topological polar surface area (TPSA) is 57.0 Å². The third-order valence-electron chi connectivity index (χ3n) is 3.62. The lowest BCUT2D eigenvalue weighted by Gasteiger charge is -2.08. The number of aryl methyl sites for hydroxylation is 1. The van der Waals surface area contributed by atoms with Crippen molar-refractivity contribution in [2.24, 2.45) is 0 Å². The zero-order chi connectivity index (χ0) is 16.9. The van der Waals surface area contributed by atoms with Crippen molar-refractivity contribution in [3.05, 3.63) is 70.2 Å². The Kier molecular flexibility index (Phi) is 4.86. The molecule has 122 valence electrons. The molecule has 0 amide bonds. The number of nitrogens with zero attached hydrogens (tertiary/aromatic N) is 3. The van der Waals surface area contributed by atoms with E-state index in [0.717, 1.165) is 21.7 Å². The smallest absolute Gasteiger partial charge is 0.338 e. The van der Waals surface area contributed by atoms with Gasteiger partial charge in [-0.2, -0.15) is 0 Å². The average Bonchev–Trinajstić information content (AvgIpc) is 3.27. The van der Waals surface area contributed by atoms with Crippen molar-refractivity contribution >= 4 is 29.0 Å². The molecule has 0 saturated carbocycles. The Hall–Kier alpha value is -2.73. The van der Waals surface area contributed by atoms with E-state index in [1.807, 2.05) is 35.2 Å². The summed E-state index contributed by atoms with van der Waals surface area (Å²) in [5.74, 6) is -0.318. The zero-order valence-corrected chi connectivity index (χ0v) is 14.3. The van der Waals surface area contributed by atoms with Gasteiger partial charge in [-0.1, -0.05) is 12.1 Å². The minimum absolute atomic E-state index is 0.318. The highest BCUT2D eigenvalue weighted by atomic mass is 32.1. The molecule has 2 aromatic heterocycles. The van der Waals surface area contributed by atoms with Crippen LogP contribution < -0.4 is 0 Å². The first-order chi connectivity index (χ1) is 11.7. The first kappa shape index (κ1) is 16.1. The fraction of sp³-hybridized carbons (Fsp3) is 0.167. The SMILES string of the molecule is COC(=O)c1ccc(/C=C(/Cn2ccnc2)c2nccs2)cc1C. The van der Waals surface area contributed by atoms with E-state index in [-0.39, 0.29) is 5.97 Å². The van der Waals surface area contributed by atoms with Gasteiger partial charge in [0.2, 0.25) is 0 Å². The summed E-state index contributed by atoms with van der Waals surface area (Å²) in [5, 5.41) is 2.93. The van der Waals surface area contributed by atoms with E-state index in [1.165, 1.54) is 7.11 Å². The molecule has 0 bridgehead atoms. The van der Waals surface area contributed by atoms with E-state index < -0.39 is 0 Å². The van der Waals surface area contributed by atoms with Crippen LogP contribution in [0.15, 0.2) is 48.5 Å². The Morgan fingerprint density at radius 1 is 1.38 bits per heavy atom. The number of carbonyl (C=O) groups excluding carboxylic acids is 1. The van der Waals surface area contributed by atoms with Crippen LogP contribution in [0.1, 0.15) is 26.5 Å². The molecule has 0 aliphatic rings. The molecule has 0 atom stereocenters. The Balaban J connectivity index is 1.95. The van der Waals surface area contributed by atoms with Gasteiger partial charge in [-0.15, -0.1) is 11.3 Å². The number of hydrogen-bond donors (Lipinski definition) is 0. The molecule has 0 radical (unpaired) electrons. The number of esters is 1. The van der Waals surface area contributed by atoms with Gasteiger partial charge in [0.1, 0.15) is 5.01 Å². The number of ether oxygens (including phenoxy) is 1. The molecule has 0 fully saturated rings. The van der Waals surface area contributed by atoms with E-state index >= 15 is 0 Å². The fourth-order valence-electron chi connectivity index (χ4n) is 2.45. The quantitative estimate of drug-likeness (QED) is 0.666. The van der Waals surface area contributed by atoms with Crippen molar-refractivity contribution < 1.29 is 9.53 Å². The van der Waals surface area contributed by atoms with Crippen LogP contribution in [0.4, 0.5) is 0 Å². The lowest BCUT2D eigenvalue weighted by molar-refractivity contribution is 0.0600. The third kappa shape index (κ3) is 3.60. The van der Waals surface area contributed by atoms with Crippen molar-refractivity contribution in [3.8, 4) is 0 Å². The van der Waals surface area contributed by atoms with Crippen LogP contribution in [-0.4, -0.2) is 27.6 Å². The van der Waals surface area contributed by atoms with E-state index in [2.05, 4.69) is 16.0 Å². The van der Waals surface area contributed by atoms with E-state index in [9.17, 15) is 4.79 Å². The number of allylic oxidation sites excluding steroid dienone is 1. The molecular formula is C18H17N3O2S. The van der Waals surface area contributed by atoms with Crippen molar-refractivity contribution in [3.63, 3.8) is 0 Å². The largest absolute Gasteiger partial charge is 0.465 e. The number of benzene rings is 1. The van der Waals surface area contributed by atoms with Crippen LogP contribution in [-0.2, 0) is 11.3 Å². The first-order valence-electron chi connectivity index (χ1n) is 7.42. The molecule has 0 N–H and O–H groups in total. The number of rotatable bonds is 5. The first-order valence-corrected chi connectivity index (χ1v) is 8.30. The van der Waals surface area contributed by atoms with Crippen LogP contribution in [0.2, 0.25) is 0 Å². The summed E-state index contributed by atoms with van der Waals surface area (Å²) in [6.45, 7) is 2.59. The Labute approximate surface area is 144 Å². The van der Waals surface area contributed by atoms with Crippen molar-refractivity contribution in [1.29, 1.82) is 0 Å². The summed E-state index contributed by atoms with van der Waals surface area (Å²) in [6, 6.07) is 5.69. The minimum atomic E-state index is -0.318. The van der Waals surface area contributed by atoms with Gasteiger partial charge in [-0.25, -0.2) is 14.8 Å². The summed E-state index contributed by atoms with van der Waals surface area (Å²) in [7, 11) is 1.39. The number of aromatic nitrogens is 3. The third-order valence-corrected chi connectivity index (χ3v) is 4.46. The maximum absolute atomic E-state index is 11.7. The zero-order valence-electron chi connectivity index (χ0n) is 13.5. The molecule has 2 heterocycles. The van der Waals surface area contributed by atoms with E-state index in [4.69, 9.17) is 4.74 Å². The summed E-state index contributed by atoms with van der Waals surface area (Å²) in [5.41, 5.74) is 3.58. The van der Waals surface area contributed by atoms with Gasteiger partial charge in [-0.05, 0) is 30.2 Å². The molecular weight excluding hydrogens is 322 g/mol. The van der Waals surface area contributed by atoms with Gasteiger partial charge in [0.05, 0.1) is 25.5 Å². The molecule has 0 saturated heterocycles. The maximum atomic E-state index is 11.7. The van der Waals surface area contributed by atoms with Gasteiger partial charge >= 0.3 is 5.97 Å². The summed E-state index contributed by atoms with van der Waals surface area (Å²) >= 11 is 1.60. The van der Waals surface area contributed by atoms with Crippen LogP contribution in [0, 0.1) is 6.92 Å². The monoisotopic (exact) mass is 339 g/mol. The van der Waals surface area contributed by atoms with Crippen LogP contribution in [0.3, 0.4) is 0 Å². The molecule has 0 unspecified atom stereocenters. The number of carbonyl (C=O) groups is 1. The molecule has 1 aromatic carbocycles. The number of thiazole rings is 1. The molecule has 0 spiro atoms. The average molecular weight is 339 g/mol. The van der Waals surface area contributed by atoms with E-state index in [1.54, 1.807) is 36.1 Å². The second-order valence-corrected chi connectivity index (χ2v) is 6.20. The lowest BCUT2D eigenvalue weighted by Crippen LogP contribution is -2.03. The second kappa shape index (κ2) is 7.23. The van der Waals surface area contributed by atoms with Crippen molar-refractivity contribution in [1.82, 2.24) is 14.5 Å². The van der Waals surface area contributed by atoms with Gasteiger partial charge in [0.15, 0.2) is 0 Å². The van der Waals surface area contributed by atoms with Crippen LogP contribution in [0.25, 0.3) is 11.6 Å². The molecule has 5 nitrogen and oxygen atoms in total. The van der Waals surface area contributed by atoms with E-state index in [0.29, 0.717) is 12.1 Å².